The van der Waals surface area contributed by atoms with Crippen LogP contribution in [0.1, 0.15) is 34.9 Å². The van der Waals surface area contributed by atoms with Crippen molar-refractivity contribution in [2.45, 2.75) is 18.8 Å². The Morgan fingerprint density at radius 2 is 2.12 bits per heavy atom. The van der Waals surface area contributed by atoms with Crippen molar-refractivity contribution < 1.29 is 4.79 Å². The van der Waals surface area contributed by atoms with Crippen LogP contribution in [-0.4, -0.2) is 25.7 Å². The summed E-state index contributed by atoms with van der Waals surface area (Å²) in [5.74, 6) is 1.71. The van der Waals surface area contributed by atoms with Crippen LogP contribution >= 0.6 is 0 Å². The van der Waals surface area contributed by atoms with Crippen LogP contribution in [0.25, 0.3) is 11.4 Å². The molecular formula is C18H17N5O2. The van der Waals surface area contributed by atoms with Crippen molar-refractivity contribution in [3.63, 3.8) is 0 Å². The Kier molecular flexibility index (Phi) is 3.68. The van der Waals surface area contributed by atoms with E-state index < -0.39 is 0 Å². The van der Waals surface area contributed by atoms with Gasteiger partial charge in [-0.25, -0.2) is 4.98 Å². The van der Waals surface area contributed by atoms with Crippen LogP contribution in [0.15, 0.2) is 47.4 Å². The molecule has 0 aliphatic heterocycles. The number of amides is 1. The predicted octanol–water partition coefficient (Wildman–Crippen LogP) is 2.30. The van der Waals surface area contributed by atoms with E-state index in [1.165, 1.54) is 10.6 Å². The Morgan fingerprint density at radius 3 is 2.88 bits per heavy atom. The van der Waals surface area contributed by atoms with Gasteiger partial charge in [0.05, 0.1) is 0 Å². The minimum absolute atomic E-state index is 0.227. The van der Waals surface area contributed by atoms with Crippen molar-refractivity contribution in [1.82, 2.24) is 19.7 Å². The van der Waals surface area contributed by atoms with Crippen LogP contribution < -0.4 is 10.9 Å². The maximum atomic E-state index is 12.3. The third kappa shape index (κ3) is 3.21. The number of aryl methyl sites for hydroxylation is 1. The monoisotopic (exact) mass is 335 g/mol. The second-order valence-electron chi connectivity index (χ2n) is 6.22. The Hall–Kier alpha value is -3.22. The lowest BCUT2D eigenvalue weighted by Crippen LogP contribution is -2.19. The maximum Gasteiger partial charge on any atom is 0.255 e. The first-order chi connectivity index (χ1) is 12.1. The predicted molar refractivity (Wildman–Crippen MR) is 93.4 cm³/mol. The molecule has 0 unspecified atom stereocenters. The highest BCUT2D eigenvalue weighted by Crippen LogP contribution is 2.38. The molecule has 1 aliphatic carbocycles. The molecule has 1 fully saturated rings. The number of nitrogens with zero attached hydrogens (tertiary/aromatic N) is 3. The highest BCUT2D eigenvalue weighted by atomic mass is 16.2. The molecule has 1 saturated carbocycles. The van der Waals surface area contributed by atoms with Crippen molar-refractivity contribution >= 4 is 11.6 Å². The zero-order chi connectivity index (χ0) is 17.4. The molecule has 0 saturated heterocycles. The van der Waals surface area contributed by atoms with Crippen LogP contribution in [0.2, 0.25) is 0 Å². The lowest BCUT2D eigenvalue weighted by atomic mass is 10.1. The molecule has 1 aliphatic rings. The van der Waals surface area contributed by atoms with E-state index in [1.54, 1.807) is 25.4 Å². The van der Waals surface area contributed by atoms with Gasteiger partial charge in [-0.3, -0.25) is 14.7 Å². The molecule has 0 atom stereocenters. The van der Waals surface area contributed by atoms with Gasteiger partial charge in [-0.15, -0.1) is 0 Å². The molecule has 2 N–H and O–H groups in total. The summed E-state index contributed by atoms with van der Waals surface area (Å²) in [7, 11) is 1.64. The first-order valence-corrected chi connectivity index (χ1v) is 8.11. The minimum atomic E-state index is -0.330. The number of pyridine rings is 1. The van der Waals surface area contributed by atoms with Gasteiger partial charge in [0, 0.05) is 42.0 Å². The summed E-state index contributed by atoms with van der Waals surface area (Å²) < 4.78 is 1.41. The summed E-state index contributed by atoms with van der Waals surface area (Å²) in [6.07, 6.45) is 3.88. The van der Waals surface area contributed by atoms with Gasteiger partial charge in [0.1, 0.15) is 5.82 Å². The molecular weight excluding hydrogens is 318 g/mol. The highest BCUT2D eigenvalue weighted by molar-refractivity contribution is 6.04. The number of nitrogens with one attached hydrogen (secondary N) is 2. The van der Waals surface area contributed by atoms with Gasteiger partial charge in [0.25, 0.3) is 11.5 Å². The Morgan fingerprint density at radius 1 is 1.28 bits per heavy atom. The normalized spacial score (nSPS) is 13.6. The summed E-state index contributed by atoms with van der Waals surface area (Å²) in [6.45, 7) is 0. The number of rotatable bonds is 4. The van der Waals surface area contributed by atoms with Gasteiger partial charge in [0.15, 0.2) is 5.82 Å². The van der Waals surface area contributed by atoms with E-state index in [4.69, 9.17) is 0 Å². The second-order valence-corrected chi connectivity index (χ2v) is 6.22. The Labute approximate surface area is 143 Å². The summed E-state index contributed by atoms with van der Waals surface area (Å²) >= 11 is 0. The Bertz CT molecular complexity index is 1000. The van der Waals surface area contributed by atoms with Crippen molar-refractivity contribution in [2.75, 3.05) is 5.32 Å². The summed E-state index contributed by atoms with van der Waals surface area (Å²) in [4.78, 5) is 28.5. The molecule has 7 heteroatoms. The van der Waals surface area contributed by atoms with E-state index in [9.17, 15) is 9.59 Å². The SMILES string of the molecule is Cn1ccc(C(=O)Nc2cccc(-c3n[nH]c(C4CC4)n3)c2)cc1=O. The molecule has 4 rings (SSSR count). The van der Waals surface area contributed by atoms with Crippen molar-refractivity contribution in [3.8, 4) is 11.4 Å². The summed E-state index contributed by atoms with van der Waals surface area (Å²) in [6, 6.07) is 10.3. The molecule has 126 valence electrons. The van der Waals surface area contributed by atoms with E-state index in [0.717, 1.165) is 24.2 Å². The third-order valence-electron chi connectivity index (χ3n) is 4.21. The summed E-state index contributed by atoms with van der Waals surface area (Å²) in [5, 5.41) is 10.0. The standard InChI is InChI=1S/C18H17N5O2/c1-23-8-7-13(10-15(23)24)18(25)19-14-4-2-3-12(9-14)17-20-16(21-22-17)11-5-6-11/h2-4,7-11H,5-6H2,1H3,(H,19,25)(H,20,21,22). The number of anilines is 1. The molecule has 1 aromatic carbocycles. The van der Waals surface area contributed by atoms with Crippen LogP contribution in [0.5, 0.6) is 0 Å². The third-order valence-corrected chi connectivity index (χ3v) is 4.21. The van der Waals surface area contributed by atoms with Crippen LogP contribution in [0.4, 0.5) is 5.69 Å². The maximum absolute atomic E-state index is 12.3. The number of H-pyrrole nitrogens is 1. The van der Waals surface area contributed by atoms with E-state index in [-0.39, 0.29) is 11.5 Å². The molecule has 3 aromatic rings. The molecule has 2 heterocycles. The molecule has 25 heavy (non-hydrogen) atoms. The number of hydrogen-bond donors (Lipinski definition) is 2. The fraction of sp³-hybridized carbons (Fsp3) is 0.222. The quantitative estimate of drug-likeness (QED) is 0.765. The van der Waals surface area contributed by atoms with E-state index in [1.807, 2.05) is 18.2 Å². The van der Waals surface area contributed by atoms with Crippen LogP contribution in [-0.2, 0) is 7.05 Å². The van der Waals surface area contributed by atoms with Crippen molar-refractivity contribution in [3.05, 3.63) is 64.3 Å². The number of benzene rings is 1. The fourth-order valence-electron chi connectivity index (χ4n) is 2.57. The molecule has 7 nitrogen and oxygen atoms in total. The molecule has 2 aromatic heterocycles. The highest BCUT2D eigenvalue weighted by Gasteiger charge is 2.27. The van der Waals surface area contributed by atoms with Gasteiger partial charge in [-0.05, 0) is 31.0 Å². The second kappa shape index (κ2) is 6.01. The van der Waals surface area contributed by atoms with E-state index >= 15 is 0 Å². The number of aromatic nitrogens is 4. The first-order valence-electron chi connectivity index (χ1n) is 8.11. The van der Waals surface area contributed by atoms with Gasteiger partial charge in [-0.1, -0.05) is 12.1 Å². The number of aromatic amines is 1. The smallest absolute Gasteiger partial charge is 0.255 e. The van der Waals surface area contributed by atoms with Gasteiger partial charge >= 0.3 is 0 Å². The molecule has 0 bridgehead atoms. The zero-order valence-corrected chi connectivity index (χ0v) is 13.7. The summed E-state index contributed by atoms with van der Waals surface area (Å²) in [5.41, 5.74) is 1.54. The Balaban J connectivity index is 1.55. The average Bonchev–Trinajstić information content (AvgIpc) is 3.34. The fourth-order valence-corrected chi connectivity index (χ4v) is 2.57. The van der Waals surface area contributed by atoms with Crippen molar-refractivity contribution in [2.24, 2.45) is 7.05 Å². The number of carbonyl (C=O) groups is 1. The molecule has 0 radical (unpaired) electrons. The van der Waals surface area contributed by atoms with Crippen LogP contribution in [0, 0.1) is 0 Å². The largest absolute Gasteiger partial charge is 0.322 e. The van der Waals surface area contributed by atoms with Crippen LogP contribution in [0.3, 0.4) is 0 Å². The van der Waals surface area contributed by atoms with E-state index in [2.05, 4.69) is 20.5 Å². The van der Waals surface area contributed by atoms with Gasteiger partial charge in [-0.2, -0.15) is 5.10 Å². The number of hydrogen-bond acceptors (Lipinski definition) is 4. The van der Waals surface area contributed by atoms with Gasteiger partial charge in [0.2, 0.25) is 0 Å². The molecule has 1 amide bonds. The topological polar surface area (TPSA) is 92.7 Å². The van der Waals surface area contributed by atoms with Gasteiger partial charge < -0.3 is 9.88 Å². The average molecular weight is 335 g/mol. The molecule has 0 spiro atoms. The number of carbonyl (C=O) groups excluding carboxylic acids is 1. The lowest BCUT2D eigenvalue weighted by molar-refractivity contribution is 0.102. The lowest BCUT2D eigenvalue weighted by Gasteiger charge is -2.07. The first kappa shape index (κ1) is 15.3. The van der Waals surface area contributed by atoms with Crippen molar-refractivity contribution in [1.29, 1.82) is 0 Å². The van der Waals surface area contributed by atoms with E-state index in [0.29, 0.717) is 23.0 Å². The minimum Gasteiger partial charge on any atom is -0.322 e. The zero-order valence-electron chi connectivity index (χ0n) is 13.7.